The third-order valence-corrected chi connectivity index (χ3v) is 6.55. The van der Waals surface area contributed by atoms with Crippen molar-refractivity contribution in [1.29, 1.82) is 0 Å². The van der Waals surface area contributed by atoms with E-state index in [1.807, 2.05) is 38.1 Å². The normalized spacial score (nSPS) is 17.1. The molecule has 3 aromatic rings. The number of hydrogen-bond acceptors (Lipinski definition) is 5. The lowest BCUT2D eigenvalue weighted by atomic mass is 9.77. The Hall–Kier alpha value is -3.60. The number of anilines is 1. The van der Waals surface area contributed by atoms with E-state index in [4.69, 9.17) is 9.47 Å². The maximum Gasteiger partial charge on any atom is 0.311 e. The second kappa shape index (κ2) is 9.34. The highest BCUT2D eigenvalue weighted by molar-refractivity contribution is 6.12. The Morgan fingerprint density at radius 1 is 1.03 bits per heavy atom. The number of carbonyl (C=O) groups excluding carboxylic acids is 2. The summed E-state index contributed by atoms with van der Waals surface area (Å²) >= 11 is 0. The Bertz CT molecular complexity index is 1310. The number of esters is 1. The van der Waals surface area contributed by atoms with E-state index in [9.17, 15) is 9.59 Å². The van der Waals surface area contributed by atoms with Crippen LogP contribution in [-0.4, -0.2) is 18.4 Å². The van der Waals surface area contributed by atoms with Crippen LogP contribution < -0.4 is 14.8 Å². The van der Waals surface area contributed by atoms with Crippen LogP contribution in [0.15, 0.2) is 60.2 Å². The van der Waals surface area contributed by atoms with Gasteiger partial charge in [0.15, 0.2) is 17.3 Å². The molecule has 5 rings (SSSR count). The Morgan fingerprint density at radius 3 is 2.71 bits per heavy atom. The van der Waals surface area contributed by atoms with Gasteiger partial charge in [-0.2, -0.15) is 0 Å². The second-order valence-corrected chi connectivity index (χ2v) is 8.82. The van der Waals surface area contributed by atoms with Gasteiger partial charge in [0.25, 0.3) is 0 Å². The van der Waals surface area contributed by atoms with E-state index >= 15 is 0 Å². The molecular weight excluding hydrogens is 426 g/mol. The summed E-state index contributed by atoms with van der Waals surface area (Å²) < 4.78 is 11.4. The number of Topliss-reactive ketones (excluding diaryl/α,β-unsaturated/α-hetero) is 1. The first-order valence-corrected chi connectivity index (χ1v) is 12.1. The number of ether oxygens (including phenoxy) is 2. The van der Waals surface area contributed by atoms with Crippen LogP contribution in [-0.2, 0) is 9.59 Å². The number of benzene rings is 3. The quantitative estimate of drug-likeness (QED) is 0.334. The van der Waals surface area contributed by atoms with Crippen molar-refractivity contribution in [3.63, 3.8) is 0 Å². The Kier molecular flexibility index (Phi) is 6.10. The average molecular weight is 456 g/mol. The lowest BCUT2D eigenvalue weighted by Gasteiger charge is -2.35. The fourth-order valence-corrected chi connectivity index (χ4v) is 5.09. The molecule has 174 valence electrons. The number of fused-ring (bicyclic) bond motifs is 4. The molecule has 0 saturated heterocycles. The zero-order valence-corrected chi connectivity index (χ0v) is 19.6. The van der Waals surface area contributed by atoms with Crippen LogP contribution in [0.2, 0.25) is 0 Å². The van der Waals surface area contributed by atoms with Crippen molar-refractivity contribution in [3.8, 4) is 11.5 Å². The van der Waals surface area contributed by atoms with Crippen LogP contribution in [0.3, 0.4) is 0 Å². The smallest absolute Gasteiger partial charge is 0.311 e. The van der Waals surface area contributed by atoms with Crippen molar-refractivity contribution in [1.82, 2.24) is 0 Å². The third kappa shape index (κ3) is 3.96. The summed E-state index contributed by atoms with van der Waals surface area (Å²) in [5, 5.41) is 5.98. The van der Waals surface area contributed by atoms with Gasteiger partial charge < -0.3 is 14.8 Å². The van der Waals surface area contributed by atoms with Gasteiger partial charge in [-0.1, -0.05) is 43.3 Å². The van der Waals surface area contributed by atoms with Crippen LogP contribution in [0.1, 0.15) is 63.1 Å². The van der Waals surface area contributed by atoms with Crippen LogP contribution in [0, 0.1) is 0 Å². The first kappa shape index (κ1) is 22.2. The highest BCUT2D eigenvalue weighted by atomic mass is 16.6. The van der Waals surface area contributed by atoms with Crippen LogP contribution >= 0.6 is 0 Å². The number of ketones is 1. The molecule has 1 aliphatic heterocycles. The minimum absolute atomic E-state index is 0.189. The van der Waals surface area contributed by atoms with Crippen molar-refractivity contribution >= 4 is 33.8 Å². The molecule has 0 amide bonds. The summed E-state index contributed by atoms with van der Waals surface area (Å²) in [4.78, 5) is 25.3. The molecule has 2 aliphatic rings. The molecule has 34 heavy (non-hydrogen) atoms. The van der Waals surface area contributed by atoms with Gasteiger partial charge in [-0.3, -0.25) is 9.59 Å². The van der Waals surface area contributed by atoms with Gasteiger partial charge in [0.2, 0.25) is 0 Å². The van der Waals surface area contributed by atoms with Crippen LogP contribution in [0.25, 0.3) is 16.3 Å². The highest BCUT2D eigenvalue weighted by Crippen LogP contribution is 2.48. The van der Waals surface area contributed by atoms with E-state index in [-0.39, 0.29) is 17.8 Å². The lowest BCUT2D eigenvalue weighted by Crippen LogP contribution is -2.27. The zero-order chi connectivity index (χ0) is 23.7. The zero-order valence-electron chi connectivity index (χ0n) is 19.6. The minimum atomic E-state index is -0.281. The van der Waals surface area contributed by atoms with Crippen molar-refractivity contribution in [2.24, 2.45) is 0 Å². The molecule has 1 atom stereocenters. The van der Waals surface area contributed by atoms with Crippen molar-refractivity contribution in [2.75, 3.05) is 11.9 Å². The van der Waals surface area contributed by atoms with E-state index in [1.165, 1.54) is 10.8 Å². The van der Waals surface area contributed by atoms with Gasteiger partial charge in [-0.25, -0.2) is 0 Å². The van der Waals surface area contributed by atoms with Gasteiger partial charge in [0.05, 0.1) is 12.6 Å². The average Bonchev–Trinajstić information content (AvgIpc) is 2.84. The predicted octanol–water partition coefficient (Wildman–Crippen LogP) is 6.62. The van der Waals surface area contributed by atoms with Gasteiger partial charge in [-0.05, 0) is 66.3 Å². The molecule has 0 bridgehead atoms. The molecule has 1 heterocycles. The monoisotopic (exact) mass is 455 g/mol. The molecule has 5 heteroatoms. The molecule has 1 N–H and O–H groups in total. The Labute approximate surface area is 199 Å². The van der Waals surface area contributed by atoms with Crippen molar-refractivity contribution in [3.05, 3.63) is 71.3 Å². The van der Waals surface area contributed by atoms with Gasteiger partial charge in [-0.15, -0.1) is 0 Å². The summed E-state index contributed by atoms with van der Waals surface area (Å²) in [5.74, 6) is 0.838. The molecule has 0 unspecified atom stereocenters. The maximum atomic E-state index is 13.3. The van der Waals surface area contributed by atoms with E-state index in [0.717, 1.165) is 47.2 Å². The molecule has 5 nitrogen and oxygen atoms in total. The molecule has 3 aromatic carbocycles. The minimum Gasteiger partial charge on any atom is -0.490 e. The number of nitrogens with one attached hydrogen (secondary N) is 1. The topological polar surface area (TPSA) is 64.6 Å². The number of rotatable bonds is 6. The largest absolute Gasteiger partial charge is 0.490 e. The predicted molar refractivity (Wildman–Crippen MR) is 134 cm³/mol. The van der Waals surface area contributed by atoms with E-state index in [1.54, 1.807) is 6.07 Å². The number of hydrogen-bond donors (Lipinski definition) is 1. The molecule has 0 radical (unpaired) electrons. The van der Waals surface area contributed by atoms with Crippen LogP contribution in [0.5, 0.6) is 11.5 Å². The van der Waals surface area contributed by atoms with Gasteiger partial charge in [0.1, 0.15) is 0 Å². The summed E-state index contributed by atoms with van der Waals surface area (Å²) in [6.07, 6.45) is 3.38. The fourth-order valence-electron chi connectivity index (χ4n) is 5.09. The standard InChI is InChI=1S/C29H29NO4/c1-3-8-26(32)34-24-16-14-19(17-25(24)33-4-2)29-28-21(11-7-12-23(28)31)27-20-10-6-5-9-18(20)13-15-22(27)30-29/h5-6,9-10,13-17,29-30H,3-4,7-8,11-12H2,1-2H3/t29-/m1/s1. The van der Waals surface area contributed by atoms with Crippen molar-refractivity contribution < 1.29 is 19.1 Å². The van der Waals surface area contributed by atoms with E-state index in [2.05, 4.69) is 29.6 Å². The second-order valence-electron chi connectivity index (χ2n) is 8.82. The van der Waals surface area contributed by atoms with E-state index < -0.39 is 0 Å². The van der Waals surface area contributed by atoms with Crippen LogP contribution in [0.4, 0.5) is 5.69 Å². The molecule has 1 aliphatic carbocycles. The molecule has 0 saturated carbocycles. The summed E-state index contributed by atoms with van der Waals surface area (Å²) in [6.45, 7) is 4.29. The summed E-state index contributed by atoms with van der Waals surface area (Å²) in [7, 11) is 0. The lowest BCUT2D eigenvalue weighted by molar-refractivity contribution is -0.134. The number of allylic oxidation sites excluding steroid dienone is 1. The first-order valence-electron chi connectivity index (χ1n) is 12.1. The van der Waals surface area contributed by atoms with Crippen molar-refractivity contribution in [2.45, 2.75) is 52.0 Å². The van der Waals surface area contributed by atoms with Gasteiger partial charge >= 0.3 is 5.97 Å². The molecule has 0 aromatic heterocycles. The summed E-state index contributed by atoms with van der Waals surface area (Å²) in [6, 6.07) is 17.9. The maximum absolute atomic E-state index is 13.3. The third-order valence-electron chi connectivity index (χ3n) is 6.55. The van der Waals surface area contributed by atoms with Gasteiger partial charge in [0, 0.05) is 29.7 Å². The fraction of sp³-hybridized carbons (Fsp3) is 0.310. The Balaban J connectivity index is 1.61. The number of carbonyl (C=O) groups is 2. The van der Waals surface area contributed by atoms with E-state index in [0.29, 0.717) is 30.9 Å². The molecular formula is C29H29NO4. The highest BCUT2D eigenvalue weighted by Gasteiger charge is 2.35. The summed E-state index contributed by atoms with van der Waals surface area (Å²) in [5.41, 5.74) is 5.08. The SMILES string of the molecule is CCCC(=O)Oc1ccc([C@H]2Nc3ccc4ccccc4c3C3=C2C(=O)CCC3)cc1OCC. The molecule has 0 spiro atoms. The first-order chi connectivity index (χ1) is 16.6. The Morgan fingerprint density at radius 2 is 1.88 bits per heavy atom. The molecule has 0 fully saturated rings.